The van der Waals surface area contributed by atoms with E-state index in [-0.39, 0.29) is 11.7 Å². The van der Waals surface area contributed by atoms with Crippen LogP contribution in [0.15, 0.2) is 29.7 Å². The second-order valence-electron chi connectivity index (χ2n) is 7.86. The van der Waals surface area contributed by atoms with Crippen molar-refractivity contribution in [3.05, 3.63) is 35.0 Å². The lowest BCUT2D eigenvalue weighted by molar-refractivity contribution is -0.113. The summed E-state index contributed by atoms with van der Waals surface area (Å²) >= 11 is 3.10. The van der Waals surface area contributed by atoms with E-state index in [4.69, 9.17) is 9.47 Å². The van der Waals surface area contributed by atoms with Crippen molar-refractivity contribution >= 4 is 50.6 Å². The van der Waals surface area contributed by atoms with E-state index in [1.165, 1.54) is 28.6 Å². The van der Waals surface area contributed by atoms with Crippen LogP contribution >= 0.6 is 23.1 Å². The number of hydrogen-bond acceptors (Lipinski definition) is 8. The van der Waals surface area contributed by atoms with Gasteiger partial charge in [0, 0.05) is 10.9 Å². The van der Waals surface area contributed by atoms with Crippen LogP contribution in [-0.4, -0.2) is 45.5 Å². The zero-order valence-corrected chi connectivity index (χ0v) is 19.7. The number of hydrogen-bond donors (Lipinski definition) is 1. The second-order valence-corrected chi connectivity index (χ2v) is 9.88. The molecule has 1 atom stereocenters. The summed E-state index contributed by atoms with van der Waals surface area (Å²) in [6, 6.07) is 5.26. The number of aryl methyl sites for hydroxylation is 1. The fraction of sp³-hybridized carbons (Fsp3) is 0.364. The SMILES string of the molecule is COc1ccc(NC(=O)CSc2nnc3c4c5c(sc4ncn23)C[C@H](C)CC5)c(OC)c1. The summed E-state index contributed by atoms with van der Waals surface area (Å²) in [5.74, 6) is 1.93. The molecule has 1 amide bonds. The van der Waals surface area contributed by atoms with Crippen LogP contribution in [0.1, 0.15) is 23.8 Å². The zero-order valence-electron chi connectivity index (χ0n) is 18.0. The quantitative estimate of drug-likeness (QED) is 0.423. The summed E-state index contributed by atoms with van der Waals surface area (Å²) < 4.78 is 12.4. The molecule has 8 nitrogen and oxygen atoms in total. The van der Waals surface area contributed by atoms with Crippen molar-refractivity contribution in [1.82, 2.24) is 19.6 Å². The van der Waals surface area contributed by atoms with E-state index in [9.17, 15) is 4.79 Å². The number of carbonyl (C=O) groups excluding carboxylic acids is 1. The van der Waals surface area contributed by atoms with Gasteiger partial charge in [0.05, 0.1) is 31.0 Å². The normalized spacial score (nSPS) is 15.7. The lowest BCUT2D eigenvalue weighted by atomic mass is 9.89. The Labute approximate surface area is 193 Å². The average molecular weight is 470 g/mol. The number of carbonyl (C=O) groups is 1. The maximum atomic E-state index is 12.6. The summed E-state index contributed by atoms with van der Waals surface area (Å²) in [4.78, 5) is 19.7. The first-order valence-corrected chi connectivity index (χ1v) is 12.2. The standard InChI is InChI=1S/C22H23N5O3S2/c1-12-4-6-14-17(8-12)32-21-19(14)20-25-26-22(27(20)11-23-21)31-10-18(28)24-15-7-5-13(29-2)9-16(15)30-3/h5,7,9,11-12H,4,6,8,10H2,1-3H3,(H,24,28)/t12-/m1/s1. The molecule has 0 aliphatic heterocycles. The second kappa shape index (κ2) is 8.59. The minimum atomic E-state index is -0.161. The van der Waals surface area contributed by atoms with Crippen LogP contribution in [0.4, 0.5) is 5.69 Å². The molecule has 166 valence electrons. The van der Waals surface area contributed by atoms with Crippen molar-refractivity contribution in [2.45, 2.75) is 31.3 Å². The van der Waals surface area contributed by atoms with Gasteiger partial charge in [-0.2, -0.15) is 0 Å². The lowest BCUT2D eigenvalue weighted by Crippen LogP contribution is -2.15. The highest BCUT2D eigenvalue weighted by atomic mass is 32.2. The number of benzene rings is 1. The number of anilines is 1. The Hall–Kier alpha value is -2.85. The van der Waals surface area contributed by atoms with Gasteiger partial charge in [-0.05, 0) is 42.9 Å². The number of methoxy groups -OCH3 is 2. The summed E-state index contributed by atoms with van der Waals surface area (Å²) in [5, 5.41) is 13.4. The van der Waals surface area contributed by atoms with Gasteiger partial charge < -0.3 is 14.8 Å². The van der Waals surface area contributed by atoms with Gasteiger partial charge in [-0.25, -0.2) is 4.98 Å². The van der Waals surface area contributed by atoms with Crippen LogP contribution in [0.25, 0.3) is 15.9 Å². The smallest absolute Gasteiger partial charge is 0.234 e. The van der Waals surface area contributed by atoms with E-state index < -0.39 is 0 Å². The Bertz CT molecular complexity index is 1320. The Kier molecular flexibility index (Phi) is 5.64. The minimum Gasteiger partial charge on any atom is -0.497 e. The van der Waals surface area contributed by atoms with Crippen molar-refractivity contribution in [1.29, 1.82) is 0 Å². The Morgan fingerprint density at radius 3 is 3.00 bits per heavy atom. The average Bonchev–Trinajstić information content (AvgIpc) is 3.38. The first-order chi connectivity index (χ1) is 15.6. The van der Waals surface area contributed by atoms with Crippen molar-refractivity contribution in [2.75, 3.05) is 25.3 Å². The van der Waals surface area contributed by atoms with Crippen LogP contribution in [-0.2, 0) is 17.6 Å². The van der Waals surface area contributed by atoms with Crippen LogP contribution in [0.3, 0.4) is 0 Å². The van der Waals surface area contributed by atoms with Gasteiger partial charge >= 0.3 is 0 Å². The molecule has 10 heteroatoms. The third-order valence-electron chi connectivity index (χ3n) is 5.69. The third kappa shape index (κ3) is 3.77. The number of nitrogens with zero attached hydrogens (tertiary/aromatic N) is 4. The van der Waals surface area contributed by atoms with Gasteiger partial charge in [-0.3, -0.25) is 9.20 Å². The third-order valence-corrected chi connectivity index (χ3v) is 7.79. The molecule has 0 spiro atoms. The van der Waals surface area contributed by atoms with Gasteiger partial charge in [0.1, 0.15) is 22.7 Å². The summed E-state index contributed by atoms with van der Waals surface area (Å²) in [5.41, 5.74) is 2.78. The Balaban J connectivity index is 1.35. The largest absolute Gasteiger partial charge is 0.497 e. The molecule has 1 N–H and O–H groups in total. The number of amides is 1. The van der Waals surface area contributed by atoms with Gasteiger partial charge in [-0.15, -0.1) is 21.5 Å². The number of fused-ring (bicyclic) bond motifs is 5. The van der Waals surface area contributed by atoms with E-state index in [0.717, 1.165) is 28.7 Å². The molecule has 32 heavy (non-hydrogen) atoms. The minimum absolute atomic E-state index is 0.161. The van der Waals surface area contributed by atoms with E-state index >= 15 is 0 Å². The van der Waals surface area contributed by atoms with Crippen LogP contribution in [0.2, 0.25) is 0 Å². The topological polar surface area (TPSA) is 90.6 Å². The highest BCUT2D eigenvalue weighted by Gasteiger charge is 2.24. The number of ether oxygens (including phenoxy) is 2. The fourth-order valence-corrected chi connectivity index (χ4v) is 6.08. The predicted octanol–water partition coefficient (Wildman–Crippen LogP) is 4.21. The number of thiophene rings is 1. The van der Waals surface area contributed by atoms with Crippen LogP contribution in [0, 0.1) is 5.92 Å². The summed E-state index contributed by atoms with van der Waals surface area (Å²) in [6.45, 7) is 2.30. The molecule has 0 radical (unpaired) electrons. The first kappa shape index (κ1) is 21.0. The Morgan fingerprint density at radius 1 is 1.31 bits per heavy atom. The number of nitrogens with one attached hydrogen (secondary N) is 1. The van der Waals surface area contributed by atoms with Crippen LogP contribution in [0.5, 0.6) is 11.5 Å². The number of aromatic nitrogens is 4. The van der Waals surface area contributed by atoms with Gasteiger partial charge in [-0.1, -0.05) is 18.7 Å². The molecule has 4 aromatic rings. The molecule has 3 aromatic heterocycles. The number of rotatable bonds is 6. The molecule has 0 saturated heterocycles. The van der Waals surface area contributed by atoms with Crippen molar-refractivity contribution in [3.63, 3.8) is 0 Å². The summed E-state index contributed by atoms with van der Waals surface area (Å²) in [6.07, 6.45) is 5.10. The summed E-state index contributed by atoms with van der Waals surface area (Å²) in [7, 11) is 3.14. The Morgan fingerprint density at radius 2 is 2.19 bits per heavy atom. The van der Waals surface area contributed by atoms with E-state index in [1.54, 1.807) is 50.1 Å². The molecule has 5 rings (SSSR count). The van der Waals surface area contributed by atoms with Gasteiger partial charge in [0.2, 0.25) is 5.91 Å². The molecular formula is C22H23N5O3S2. The molecular weight excluding hydrogens is 446 g/mol. The van der Waals surface area contributed by atoms with Gasteiger partial charge in [0.15, 0.2) is 10.8 Å². The number of thioether (sulfide) groups is 1. The molecule has 0 fully saturated rings. The maximum Gasteiger partial charge on any atom is 0.234 e. The zero-order chi connectivity index (χ0) is 22.2. The highest BCUT2D eigenvalue weighted by Crippen LogP contribution is 2.39. The molecule has 1 aromatic carbocycles. The van der Waals surface area contributed by atoms with Gasteiger partial charge in [0.25, 0.3) is 0 Å². The monoisotopic (exact) mass is 469 g/mol. The van der Waals surface area contributed by atoms with E-state index in [2.05, 4.69) is 27.4 Å². The first-order valence-electron chi connectivity index (χ1n) is 10.4. The lowest BCUT2D eigenvalue weighted by Gasteiger charge is -2.17. The molecule has 0 saturated carbocycles. The van der Waals surface area contributed by atoms with Crippen molar-refractivity contribution < 1.29 is 14.3 Å². The molecule has 3 heterocycles. The van der Waals surface area contributed by atoms with Crippen LogP contribution < -0.4 is 14.8 Å². The predicted molar refractivity (Wildman–Crippen MR) is 126 cm³/mol. The molecule has 1 aliphatic carbocycles. The molecule has 0 bridgehead atoms. The van der Waals surface area contributed by atoms with Crippen molar-refractivity contribution in [2.24, 2.45) is 5.92 Å². The fourth-order valence-electron chi connectivity index (χ4n) is 4.04. The molecule has 0 unspecified atom stereocenters. The highest BCUT2D eigenvalue weighted by molar-refractivity contribution is 7.99. The molecule has 1 aliphatic rings. The van der Waals surface area contributed by atoms with E-state index in [1.807, 2.05) is 4.40 Å². The maximum absolute atomic E-state index is 12.6. The van der Waals surface area contributed by atoms with E-state index in [0.29, 0.717) is 28.3 Å². The van der Waals surface area contributed by atoms with Crippen molar-refractivity contribution in [3.8, 4) is 11.5 Å².